The molecule has 5 nitrogen and oxygen atoms in total. The summed E-state index contributed by atoms with van der Waals surface area (Å²) in [5.41, 5.74) is 1.50. The molecular weight excluding hydrogens is 391 g/mol. The topological polar surface area (TPSA) is 43.2 Å². The number of hydrazone groups is 1. The monoisotopic (exact) mass is 413 g/mol. The van der Waals surface area contributed by atoms with Gasteiger partial charge in [-0.1, -0.05) is 18.5 Å². The third-order valence-electron chi connectivity index (χ3n) is 4.83. The van der Waals surface area contributed by atoms with Crippen LogP contribution in [0.5, 0.6) is 0 Å². The lowest BCUT2D eigenvalue weighted by Crippen LogP contribution is -2.51. The standard InChI is InChI=1S/C19H23ClF3N5/c1-4-12(3)17-13-10-14(19(21,22)23)15(20)11-16(13)26-18(28(17)25-5-2)27-8-6-24-7-9-27/h5,10-11,24H,4,6-9H2,1-3H3/b17-12?,25-5-. The van der Waals surface area contributed by atoms with Crippen molar-refractivity contribution in [3.63, 3.8) is 0 Å². The molecule has 1 fully saturated rings. The number of aliphatic imine (C=N–C) groups is 1. The molecule has 1 aromatic carbocycles. The summed E-state index contributed by atoms with van der Waals surface area (Å²) in [6.07, 6.45) is -2.26. The van der Waals surface area contributed by atoms with Gasteiger partial charge in [-0.25, -0.2) is 10.0 Å². The van der Waals surface area contributed by atoms with Crippen molar-refractivity contribution in [3.05, 3.63) is 33.9 Å². The summed E-state index contributed by atoms with van der Waals surface area (Å²) in [6, 6.07) is 2.39. The molecular formula is C19H23ClF3N5. The van der Waals surface area contributed by atoms with Crippen LogP contribution in [-0.4, -0.2) is 48.3 Å². The Labute approximate surface area is 167 Å². The van der Waals surface area contributed by atoms with Crippen molar-refractivity contribution < 1.29 is 13.2 Å². The normalized spacial score (nSPS) is 19.8. The van der Waals surface area contributed by atoms with Crippen LogP contribution in [0.25, 0.3) is 5.70 Å². The molecule has 152 valence electrons. The molecule has 0 amide bonds. The summed E-state index contributed by atoms with van der Waals surface area (Å²) in [7, 11) is 0. The Hall–Kier alpha value is -2.06. The lowest BCUT2D eigenvalue weighted by atomic mass is 9.99. The average Bonchev–Trinajstić information content (AvgIpc) is 2.66. The second-order valence-electron chi connectivity index (χ2n) is 6.66. The number of hydrogen-bond acceptors (Lipinski definition) is 5. The van der Waals surface area contributed by atoms with Crippen molar-refractivity contribution in [2.75, 3.05) is 26.2 Å². The zero-order chi connectivity index (χ0) is 20.5. The first kappa shape index (κ1) is 20.7. The van der Waals surface area contributed by atoms with E-state index in [1.54, 1.807) is 18.1 Å². The first-order valence-corrected chi connectivity index (χ1v) is 9.59. The van der Waals surface area contributed by atoms with Crippen LogP contribution in [0.2, 0.25) is 5.02 Å². The van der Waals surface area contributed by atoms with E-state index in [4.69, 9.17) is 11.6 Å². The molecule has 0 aliphatic carbocycles. The van der Waals surface area contributed by atoms with Gasteiger partial charge < -0.3 is 10.2 Å². The third-order valence-corrected chi connectivity index (χ3v) is 5.15. The maximum absolute atomic E-state index is 13.4. The van der Waals surface area contributed by atoms with Crippen molar-refractivity contribution in [3.8, 4) is 0 Å². The number of hydrogen-bond donors (Lipinski definition) is 1. The van der Waals surface area contributed by atoms with Gasteiger partial charge in [0.25, 0.3) is 0 Å². The van der Waals surface area contributed by atoms with Crippen LogP contribution in [0.3, 0.4) is 0 Å². The number of allylic oxidation sites excluding steroid dienone is 1. The Morgan fingerprint density at radius 3 is 2.57 bits per heavy atom. The van der Waals surface area contributed by atoms with E-state index >= 15 is 0 Å². The minimum atomic E-state index is -4.54. The molecule has 0 bridgehead atoms. The van der Waals surface area contributed by atoms with Gasteiger partial charge in [-0.2, -0.15) is 18.3 Å². The second kappa shape index (κ2) is 8.13. The van der Waals surface area contributed by atoms with Gasteiger partial charge in [0.05, 0.1) is 22.0 Å². The first-order chi connectivity index (χ1) is 13.3. The quantitative estimate of drug-likeness (QED) is 0.714. The van der Waals surface area contributed by atoms with Gasteiger partial charge in [-0.15, -0.1) is 0 Å². The SMILES string of the molecule is C/C=N\N1C(N2CCNCC2)=Nc2cc(Cl)c(C(F)(F)F)cc2C1=C(C)CC. The molecule has 0 spiro atoms. The molecule has 0 unspecified atom stereocenters. The predicted octanol–water partition coefficient (Wildman–Crippen LogP) is 4.71. The molecule has 28 heavy (non-hydrogen) atoms. The molecule has 0 aromatic heterocycles. The van der Waals surface area contributed by atoms with Crippen molar-refractivity contribution in [2.45, 2.75) is 33.4 Å². The number of nitrogens with zero attached hydrogens (tertiary/aromatic N) is 4. The van der Waals surface area contributed by atoms with Gasteiger partial charge in [0.1, 0.15) is 0 Å². The van der Waals surface area contributed by atoms with E-state index < -0.39 is 11.7 Å². The maximum atomic E-state index is 13.4. The molecule has 2 heterocycles. The van der Waals surface area contributed by atoms with E-state index in [-0.39, 0.29) is 5.02 Å². The zero-order valence-corrected chi connectivity index (χ0v) is 16.8. The third kappa shape index (κ3) is 3.89. The highest BCUT2D eigenvalue weighted by molar-refractivity contribution is 6.32. The highest BCUT2D eigenvalue weighted by atomic mass is 35.5. The number of guanidine groups is 1. The van der Waals surface area contributed by atoms with E-state index in [0.717, 1.165) is 37.8 Å². The average molecular weight is 414 g/mol. The molecule has 0 atom stereocenters. The van der Waals surface area contributed by atoms with Crippen molar-refractivity contribution in [1.29, 1.82) is 0 Å². The van der Waals surface area contributed by atoms with E-state index in [9.17, 15) is 13.2 Å². The Balaban J connectivity index is 2.26. The minimum Gasteiger partial charge on any atom is -0.338 e. The van der Waals surface area contributed by atoms with Crippen LogP contribution in [0, 0.1) is 0 Å². The fourth-order valence-corrected chi connectivity index (χ4v) is 3.57. The highest BCUT2D eigenvalue weighted by Gasteiger charge is 2.37. The van der Waals surface area contributed by atoms with Crippen LogP contribution in [0.4, 0.5) is 18.9 Å². The van der Waals surface area contributed by atoms with Crippen LogP contribution in [0.1, 0.15) is 38.3 Å². The molecule has 3 rings (SSSR count). The molecule has 1 saturated heterocycles. The number of halogens is 4. The first-order valence-electron chi connectivity index (χ1n) is 9.21. The van der Waals surface area contributed by atoms with Gasteiger partial charge in [-0.05, 0) is 38.0 Å². The van der Waals surface area contributed by atoms with Gasteiger partial charge in [0, 0.05) is 38.0 Å². The number of benzene rings is 1. The zero-order valence-electron chi connectivity index (χ0n) is 16.1. The maximum Gasteiger partial charge on any atom is 0.417 e. The fraction of sp³-hybridized carbons (Fsp3) is 0.474. The molecule has 2 aliphatic rings. The Kier molecular flexibility index (Phi) is 6.00. The summed E-state index contributed by atoms with van der Waals surface area (Å²) < 4.78 is 40.3. The van der Waals surface area contributed by atoms with Crippen LogP contribution in [0.15, 0.2) is 27.8 Å². The van der Waals surface area contributed by atoms with Crippen molar-refractivity contribution >= 4 is 35.2 Å². The fourth-order valence-electron chi connectivity index (χ4n) is 3.30. The summed E-state index contributed by atoms with van der Waals surface area (Å²) >= 11 is 5.97. The number of fused-ring (bicyclic) bond motifs is 1. The lowest BCUT2D eigenvalue weighted by Gasteiger charge is -2.38. The molecule has 1 aromatic rings. The largest absolute Gasteiger partial charge is 0.417 e. The van der Waals surface area contributed by atoms with Crippen LogP contribution >= 0.6 is 11.6 Å². The summed E-state index contributed by atoms with van der Waals surface area (Å²) in [4.78, 5) is 6.75. The smallest absolute Gasteiger partial charge is 0.338 e. The summed E-state index contributed by atoms with van der Waals surface area (Å²) in [5.74, 6) is 0.603. The van der Waals surface area contributed by atoms with Crippen molar-refractivity contribution in [1.82, 2.24) is 15.2 Å². The lowest BCUT2D eigenvalue weighted by molar-refractivity contribution is -0.137. The predicted molar refractivity (Wildman–Crippen MR) is 107 cm³/mol. The molecule has 2 aliphatic heterocycles. The van der Waals surface area contributed by atoms with Crippen LogP contribution < -0.4 is 5.32 Å². The highest BCUT2D eigenvalue weighted by Crippen LogP contribution is 2.44. The molecule has 0 radical (unpaired) electrons. The number of rotatable bonds is 2. The number of alkyl halides is 3. The van der Waals surface area contributed by atoms with Gasteiger partial charge >= 0.3 is 6.18 Å². The second-order valence-corrected chi connectivity index (χ2v) is 7.07. The number of piperazine rings is 1. The van der Waals surface area contributed by atoms with Crippen LogP contribution in [-0.2, 0) is 6.18 Å². The summed E-state index contributed by atoms with van der Waals surface area (Å²) in [5, 5.41) is 9.04. The van der Waals surface area contributed by atoms with E-state index in [2.05, 4.69) is 20.3 Å². The van der Waals surface area contributed by atoms with E-state index in [1.165, 1.54) is 6.07 Å². The minimum absolute atomic E-state index is 0.351. The van der Waals surface area contributed by atoms with Crippen molar-refractivity contribution in [2.24, 2.45) is 10.1 Å². The molecule has 1 N–H and O–H groups in total. The molecule has 0 saturated carbocycles. The number of nitrogens with one attached hydrogen (secondary N) is 1. The van der Waals surface area contributed by atoms with E-state index in [0.29, 0.717) is 29.3 Å². The Bertz CT molecular complexity index is 839. The van der Waals surface area contributed by atoms with E-state index in [1.807, 2.05) is 13.8 Å². The van der Waals surface area contributed by atoms with Gasteiger partial charge in [-0.3, -0.25) is 0 Å². The molecule has 9 heteroatoms. The summed E-state index contributed by atoms with van der Waals surface area (Å²) in [6.45, 7) is 8.71. The Morgan fingerprint density at radius 2 is 2.00 bits per heavy atom. The van der Waals surface area contributed by atoms with Gasteiger partial charge in [0.15, 0.2) is 0 Å². The Morgan fingerprint density at radius 1 is 1.32 bits per heavy atom. The van der Waals surface area contributed by atoms with Gasteiger partial charge in [0.2, 0.25) is 5.96 Å².